The summed E-state index contributed by atoms with van der Waals surface area (Å²) in [7, 11) is 0. The van der Waals surface area contributed by atoms with E-state index in [0.29, 0.717) is 0 Å². The Labute approximate surface area is 115 Å². The standard InChI is InChI=1S/C11H10Br2N2S/c1-7-4-8(5-15-11(7)13)14-6-10-9(12)2-3-16-10/h2-5,14H,6H2,1H3. The van der Waals surface area contributed by atoms with Gasteiger partial charge in [-0.1, -0.05) is 0 Å². The number of nitrogens with zero attached hydrogens (tertiary/aromatic N) is 1. The van der Waals surface area contributed by atoms with Gasteiger partial charge >= 0.3 is 0 Å². The lowest BCUT2D eigenvalue weighted by atomic mass is 10.3. The lowest BCUT2D eigenvalue weighted by Crippen LogP contribution is -1.99. The SMILES string of the molecule is Cc1cc(NCc2sccc2Br)cnc1Br. The average molecular weight is 362 g/mol. The lowest BCUT2D eigenvalue weighted by Gasteiger charge is -2.06. The molecule has 0 bridgehead atoms. The van der Waals surface area contributed by atoms with E-state index in [1.807, 2.05) is 13.1 Å². The second-order valence-corrected chi connectivity index (χ2v) is 5.98. The molecule has 0 saturated heterocycles. The fourth-order valence-corrected chi connectivity index (χ4v) is 2.94. The van der Waals surface area contributed by atoms with E-state index in [1.165, 1.54) is 4.88 Å². The van der Waals surface area contributed by atoms with Gasteiger partial charge in [-0.3, -0.25) is 0 Å². The highest BCUT2D eigenvalue weighted by atomic mass is 79.9. The molecular formula is C11H10Br2N2S. The normalized spacial score (nSPS) is 10.4. The van der Waals surface area contributed by atoms with Crippen molar-refractivity contribution in [3.63, 3.8) is 0 Å². The molecule has 2 nitrogen and oxygen atoms in total. The van der Waals surface area contributed by atoms with E-state index in [-0.39, 0.29) is 0 Å². The first kappa shape index (κ1) is 12.1. The molecule has 0 aromatic carbocycles. The molecule has 0 radical (unpaired) electrons. The maximum atomic E-state index is 4.25. The van der Waals surface area contributed by atoms with Gasteiger partial charge in [-0.05, 0) is 61.9 Å². The van der Waals surface area contributed by atoms with Gasteiger partial charge in [-0.25, -0.2) is 4.98 Å². The molecule has 0 saturated carbocycles. The van der Waals surface area contributed by atoms with Crippen LogP contribution in [0.4, 0.5) is 5.69 Å². The molecule has 2 rings (SSSR count). The van der Waals surface area contributed by atoms with Gasteiger partial charge in [0.05, 0.1) is 18.4 Å². The highest BCUT2D eigenvalue weighted by Gasteiger charge is 2.02. The number of hydrogen-bond acceptors (Lipinski definition) is 3. The summed E-state index contributed by atoms with van der Waals surface area (Å²) in [5.41, 5.74) is 2.18. The quantitative estimate of drug-likeness (QED) is 0.809. The van der Waals surface area contributed by atoms with Crippen molar-refractivity contribution in [3.05, 3.63) is 43.2 Å². The van der Waals surface area contributed by atoms with E-state index >= 15 is 0 Å². The van der Waals surface area contributed by atoms with Crippen LogP contribution in [-0.2, 0) is 6.54 Å². The third kappa shape index (κ3) is 2.84. The van der Waals surface area contributed by atoms with Crippen molar-refractivity contribution in [2.24, 2.45) is 0 Å². The summed E-state index contributed by atoms with van der Waals surface area (Å²) in [4.78, 5) is 5.54. The summed E-state index contributed by atoms with van der Waals surface area (Å²) in [6, 6.07) is 4.14. The monoisotopic (exact) mass is 360 g/mol. The fraction of sp³-hybridized carbons (Fsp3) is 0.182. The third-order valence-corrected chi connectivity index (χ3v) is 4.92. The summed E-state index contributed by atoms with van der Waals surface area (Å²) >= 11 is 8.64. The van der Waals surface area contributed by atoms with Crippen molar-refractivity contribution in [1.29, 1.82) is 0 Å². The van der Waals surface area contributed by atoms with Gasteiger partial charge in [0.2, 0.25) is 0 Å². The zero-order chi connectivity index (χ0) is 11.5. The first-order valence-corrected chi connectivity index (χ1v) is 7.21. The molecular weight excluding hydrogens is 352 g/mol. The molecule has 5 heteroatoms. The van der Waals surface area contributed by atoms with E-state index in [0.717, 1.165) is 26.9 Å². The van der Waals surface area contributed by atoms with Gasteiger partial charge < -0.3 is 5.32 Å². The summed E-state index contributed by atoms with van der Waals surface area (Å²) in [5.74, 6) is 0. The second-order valence-electron chi connectivity index (χ2n) is 3.38. The minimum atomic E-state index is 0.820. The number of thiophene rings is 1. The molecule has 0 aliphatic rings. The van der Waals surface area contributed by atoms with Crippen LogP contribution in [0.3, 0.4) is 0 Å². The minimum absolute atomic E-state index is 0.820. The number of nitrogens with one attached hydrogen (secondary N) is 1. The third-order valence-electron chi connectivity index (χ3n) is 2.16. The highest BCUT2D eigenvalue weighted by Crippen LogP contribution is 2.24. The lowest BCUT2D eigenvalue weighted by molar-refractivity contribution is 1.14. The Hall–Kier alpha value is -0.390. The molecule has 2 aromatic heterocycles. The molecule has 0 atom stereocenters. The second kappa shape index (κ2) is 5.29. The molecule has 16 heavy (non-hydrogen) atoms. The number of aryl methyl sites for hydroxylation is 1. The Morgan fingerprint density at radius 2 is 2.25 bits per heavy atom. The van der Waals surface area contributed by atoms with Crippen LogP contribution in [0.1, 0.15) is 10.4 Å². The minimum Gasteiger partial charge on any atom is -0.379 e. The van der Waals surface area contributed by atoms with Crippen molar-refractivity contribution in [1.82, 2.24) is 4.98 Å². The number of rotatable bonds is 3. The first-order chi connectivity index (χ1) is 7.66. The van der Waals surface area contributed by atoms with E-state index in [4.69, 9.17) is 0 Å². The van der Waals surface area contributed by atoms with Gasteiger partial charge in [0.15, 0.2) is 0 Å². The number of anilines is 1. The molecule has 1 N–H and O–H groups in total. The van der Waals surface area contributed by atoms with Crippen LogP contribution < -0.4 is 5.32 Å². The van der Waals surface area contributed by atoms with E-state index in [2.05, 4.69) is 59.7 Å². The van der Waals surface area contributed by atoms with Gasteiger partial charge in [0.1, 0.15) is 4.60 Å². The Bertz CT molecular complexity index is 496. The molecule has 0 spiro atoms. The van der Waals surface area contributed by atoms with Crippen LogP contribution >= 0.6 is 43.2 Å². The topological polar surface area (TPSA) is 24.9 Å². The van der Waals surface area contributed by atoms with Crippen molar-refractivity contribution in [2.45, 2.75) is 13.5 Å². The van der Waals surface area contributed by atoms with Gasteiger partial charge in [0.25, 0.3) is 0 Å². The van der Waals surface area contributed by atoms with E-state index in [1.54, 1.807) is 11.3 Å². The Morgan fingerprint density at radius 3 is 2.88 bits per heavy atom. The van der Waals surface area contributed by atoms with Crippen LogP contribution in [0.15, 0.2) is 32.8 Å². The molecule has 0 fully saturated rings. The van der Waals surface area contributed by atoms with Crippen LogP contribution in [-0.4, -0.2) is 4.98 Å². The molecule has 0 aliphatic heterocycles. The molecule has 0 aliphatic carbocycles. The van der Waals surface area contributed by atoms with Crippen LogP contribution in [0, 0.1) is 6.92 Å². The zero-order valence-electron chi connectivity index (χ0n) is 8.63. The van der Waals surface area contributed by atoms with Gasteiger partial charge in [-0.15, -0.1) is 11.3 Å². The first-order valence-electron chi connectivity index (χ1n) is 4.74. The van der Waals surface area contributed by atoms with Crippen molar-refractivity contribution in [3.8, 4) is 0 Å². The summed E-state index contributed by atoms with van der Waals surface area (Å²) in [6.07, 6.45) is 1.83. The van der Waals surface area contributed by atoms with Crippen LogP contribution in [0.2, 0.25) is 0 Å². The largest absolute Gasteiger partial charge is 0.379 e. The van der Waals surface area contributed by atoms with Crippen molar-refractivity contribution >= 4 is 48.9 Å². The zero-order valence-corrected chi connectivity index (χ0v) is 12.6. The summed E-state index contributed by atoms with van der Waals surface area (Å²) in [6.45, 7) is 2.85. The Balaban J connectivity index is 2.05. The summed E-state index contributed by atoms with van der Waals surface area (Å²) < 4.78 is 2.06. The van der Waals surface area contributed by atoms with Gasteiger partial charge in [0, 0.05) is 9.35 Å². The number of halogens is 2. The van der Waals surface area contributed by atoms with Crippen LogP contribution in [0.5, 0.6) is 0 Å². The highest BCUT2D eigenvalue weighted by molar-refractivity contribution is 9.10. The number of pyridine rings is 1. The predicted molar refractivity (Wildman–Crippen MR) is 76.0 cm³/mol. The van der Waals surface area contributed by atoms with E-state index in [9.17, 15) is 0 Å². The maximum Gasteiger partial charge on any atom is 0.109 e. The van der Waals surface area contributed by atoms with Crippen molar-refractivity contribution in [2.75, 3.05) is 5.32 Å². The predicted octanol–water partition coefficient (Wildman–Crippen LogP) is 4.59. The molecule has 84 valence electrons. The molecule has 0 unspecified atom stereocenters. The summed E-state index contributed by atoms with van der Waals surface area (Å²) in [5, 5.41) is 5.43. The fourth-order valence-electron chi connectivity index (χ4n) is 1.29. The number of aromatic nitrogens is 1. The molecule has 0 amide bonds. The average Bonchev–Trinajstić information content (AvgIpc) is 2.66. The van der Waals surface area contributed by atoms with Gasteiger partial charge in [-0.2, -0.15) is 0 Å². The Kier molecular flexibility index (Phi) is 4.00. The molecule has 2 aromatic rings. The van der Waals surface area contributed by atoms with Crippen molar-refractivity contribution < 1.29 is 0 Å². The maximum absolute atomic E-state index is 4.25. The smallest absolute Gasteiger partial charge is 0.109 e. The number of hydrogen-bond donors (Lipinski definition) is 1. The van der Waals surface area contributed by atoms with E-state index < -0.39 is 0 Å². The Morgan fingerprint density at radius 1 is 1.44 bits per heavy atom. The molecule has 2 heterocycles. The van der Waals surface area contributed by atoms with Crippen LogP contribution in [0.25, 0.3) is 0 Å².